The first kappa shape index (κ1) is 19.0. The Morgan fingerprint density at radius 1 is 0.840 bits per heavy atom. The zero-order valence-electron chi connectivity index (χ0n) is 15.9. The SMILES string of the molecule is CCc1ccc(C2CCC(CCC3CCC(C=CCl)CC3)CC2)cc1. The summed E-state index contributed by atoms with van der Waals surface area (Å²) in [5.41, 5.74) is 4.77. The quantitative estimate of drug-likeness (QED) is 0.485. The van der Waals surface area contributed by atoms with Gasteiger partial charge in [-0.15, -0.1) is 0 Å². The first-order valence-corrected chi connectivity index (χ1v) is 11.1. The molecule has 2 aliphatic carbocycles. The third kappa shape index (κ3) is 5.61. The van der Waals surface area contributed by atoms with Crippen LogP contribution in [0.25, 0.3) is 0 Å². The van der Waals surface area contributed by atoms with Crippen LogP contribution in [0.15, 0.2) is 35.9 Å². The molecule has 2 saturated carbocycles. The molecule has 1 heteroatoms. The van der Waals surface area contributed by atoms with Crippen molar-refractivity contribution in [2.45, 2.75) is 83.5 Å². The van der Waals surface area contributed by atoms with Crippen LogP contribution in [0.4, 0.5) is 0 Å². The fraction of sp³-hybridized carbons (Fsp3) is 0.667. The zero-order chi connectivity index (χ0) is 17.5. The van der Waals surface area contributed by atoms with Crippen LogP contribution in [0.5, 0.6) is 0 Å². The fourth-order valence-corrected chi connectivity index (χ4v) is 5.26. The summed E-state index contributed by atoms with van der Waals surface area (Å²) < 4.78 is 0. The molecule has 0 amide bonds. The summed E-state index contributed by atoms with van der Waals surface area (Å²) >= 11 is 5.72. The van der Waals surface area contributed by atoms with Gasteiger partial charge in [-0.2, -0.15) is 0 Å². The van der Waals surface area contributed by atoms with Crippen LogP contribution in [-0.2, 0) is 6.42 Å². The van der Waals surface area contributed by atoms with Crippen molar-refractivity contribution in [2.75, 3.05) is 0 Å². The number of halogens is 1. The second kappa shape index (κ2) is 9.81. The molecule has 138 valence electrons. The van der Waals surface area contributed by atoms with Crippen LogP contribution in [0.3, 0.4) is 0 Å². The highest BCUT2D eigenvalue weighted by molar-refractivity contribution is 6.25. The number of aryl methyl sites for hydroxylation is 1. The highest BCUT2D eigenvalue weighted by Gasteiger charge is 2.24. The molecule has 0 saturated heterocycles. The van der Waals surface area contributed by atoms with E-state index in [-0.39, 0.29) is 0 Å². The minimum absolute atomic E-state index is 0.753. The minimum Gasteiger partial charge on any atom is -0.0933 e. The van der Waals surface area contributed by atoms with Crippen molar-refractivity contribution in [3.05, 3.63) is 47.0 Å². The molecule has 0 bridgehead atoms. The van der Waals surface area contributed by atoms with Gasteiger partial charge in [-0.05, 0) is 92.6 Å². The number of rotatable bonds is 6. The van der Waals surface area contributed by atoms with Gasteiger partial charge in [0.15, 0.2) is 0 Å². The largest absolute Gasteiger partial charge is 0.0933 e. The van der Waals surface area contributed by atoms with E-state index in [1.165, 1.54) is 69.8 Å². The second-order valence-electron chi connectivity index (χ2n) is 8.49. The zero-order valence-corrected chi connectivity index (χ0v) is 16.7. The molecule has 0 atom stereocenters. The Labute approximate surface area is 160 Å². The summed E-state index contributed by atoms with van der Waals surface area (Å²) in [6, 6.07) is 9.43. The predicted molar refractivity (Wildman–Crippen MR) is 110 cm³/mol. The minimum atomic E-state index is 0.753. The van der Waals surface area contributed by atoms with E-state index in [0.29, 0.717) is 0 Å². The molecule has 0 spiro atoms. The van der Waals surface area contributed by atoms with Crippen molar-refractivity contribution in [1.82, 2.24) is 0 Å². The number of allylic oxidation sites excluding steroid dienone is 1. The van der Waals surface area contributed by atoms with Gasteiger partial charge in [-0.1, -0.05) is 61.7 Å². The molecule has 0 heterocycles. The molecule has 2 fully saturated rings. The van der Waals surface area contributed by atoms with E-state index in [1.807, 2.05) is 0 Å². The molecule has 3 rings (SSSR count). The van der Waals surface area contributed by atoms with E-state index < -0.39 is 0 Å². The molecule has 0 N–H and O–H groups in total. The predicted octanol–water partition coefficient (Wildman–Crippen LogP) is 7.86. The van der Waals surface area contributed by atoms with Crippen LogP contribution >= 0.6 is 11.6 Å². The number of hydrogen-bond acceptors (Lipinski definition) is 0. The van der Waals surface area contributed by atoms with Crippen molar-refractivity contribution in [2.24, 2.45) is 17.8 Å². The van der Waals surface area contributed by atoms with Crippen molar-refractivity contribution in [3.8, 4) is 0 Å². The van der Waals surface area contributed by atoms with Gasteiger partial charge in [0.2, 0.25) is 0 Å². The lowest BCUT2D eigenvalue weighted by molar-refractivity contribution is 0.246. The van der Waals surface area contributed by atoms with Crippen molar-refractivity contribution in [1.29, 1.82) is 0 Å². The molecular weight excluding hydrogens is 324 g/mol. The molecule has 2 aliphatic rings. The summed E-state index contributed by atoms with van der Waals surface area (Å²) in [5, 5.41) is 0. The lowest BCUT2D eigenvalue weighted by Gasteiger charge is -2.31. The first-order chi connectivity index (χ1) is 12.3. The average Bonchev–Trinajstić information content (AvgIpc) is 2.68. The standard InChI is InChI=1S/C24H35Cl/c1-2-19-9-13-23(14-10-19)24-15-11-21(12-16-24)4-3-20-5-7-22(8-6-20)17-18-25/h9-10,13-14,17-18,20-22,24H,2-8,11-12,15-16H2,1H3. The first-order valence-electron chi connectivity index (χ1n) is 10.6. The Morgan fingerprint density at radius 2 is 1.40 bits per heavy atom. The van der Waals surface area contributed by atoms with Crippen LogP contribution < -0.4 is 0 Å². The average molecular weight is 359 g/mol. The molecule has 0 nitrogen and oxygen atoms in total. The lowest BCUT2D eigenvalue weighted by atomic mass is 9.74. The highest BCUT2D eigenvalue weighted by Crippen LogP contribution is 2.40. The Bertz CT molecular complexity index is 514. The molecule has 0 aromatic heterocycles. The van der Waals surface area contributed by atoms with E-state index >= 15 is 0 Å². The third-order valence-electron chi connectivity index (χ3n) is 6.93. The van der Waals surface area contributed by atoms with Gasteiger partial charge < -0.3 is 0 Å². The van der Waals surface area contributed by atoms with E-state index in [4.69, 9.17) is 11.6 Å². The van der Waals surface area contributed by atoms with E-state index in [9.17, 15) is 0 Å². The van der Waals surface area contributed by atoms with Gasteiger partial charge in [0, 0.05) is 5.54 Å². The Hall–Kier alpha value is -0.750. The smallest absolute Gasteiger partial charge is 0.000525 e. The summed E-state index contributed by atoms with van der Waals surface area (Å²) in [6.07, 6.45) is 17.6. The Balaban J connectivity index is 1.36. The van der Waals surface area contributed by atoms with Gasteiger partial charge in [-0.3, -0.25) is 0 Å². The van der Waals surface area contributed by atoms with Crippen LogP contribution in [0, 0.1) is 17.8 Å². The summed E-state index contributed by atoms with van der Waals surface area (Å²) in [6.45, 7) is 2.24. The van der Waals surface area contributed by atoms with Gasteiger partial charge in [0.1, 0.15) is 0 Å². The molecule has 0 aliphatic heterocycles. The Kier molecular flexibility index (Phi) is 7.47. The van der Waals surface area contributed by atoms with E-state index in [1.54, 1.807) is 11.1 Å². The fourth-order valence-electron chi connectivity index (χ4n) is 5.05. The van der Waals surface area contributed by atoms with Crippen LogP contribution in [-0.4, -0.2) is 0 Å². The molecule has 0 unspecified atom stereocenters. The van der Waals surface area contributed by atoms with Crippen molar-refractivity contribution < 1.29 is 0 Å². The summed E-state index contributed by atoms with van der Waals surface area (Å²) in [7, 11) is 0. The van der Waals surface area contributed by atoms with Gasteiger partial charge in [0.05, 0.1) is 0 Å². The Morgan fingerprint density at radius 3 is 1.92 bits per heavy atom. The summed E-state index contributed by atoms with van der Waals surface area (Å²) in [4.78, 5) is 0. The van der Waals surface area contributed by atoms with Gasteiger partial charge >= 0.3 is 0 Å². The second-order valence-corrected chi connectivity index (χ2v) is 8.74. The topological polar surface area (TPSA) is 0 Å². The van der Waals surface area contributed by atoms with Gasteiger partial charge in [-0.25, -0.2) is 0 Å². The molecule has 25 heavy (non-hydrogen) atoms. The van der Waals surface area contributed by atoms with E-state index in [2.05, 4.69) is 37.3 Å². The maximum Gasteiger partial charge on any atom is 0.000525 e. The monoisotopic (exact) mass is 358 g/mol. The normalized spacial score (nSPS) is 30.6. The molecule has 1 aromatic rings. The number of hydrogen-bond donors (Lipinski definition) is 0. The maximum absolute atomic E-state index is 5.72. The van der Waals surface area contributed by atoms with E-state index in [0.717, 1.165) is 30.1 Å². The third-order valence-corrected chi connectivity index (χ3v) is 7.07. The van der Waals surface area contributed by atoms with Crippen molar-refractivity contribution >= 4 is 11.6 Å². The van der Waals surface area contributed by atoms with Crippen LogP contribution in [0.1, 0.15) is 88.2 Å². The van der Waals surface area contributed by atoms with Crippen molar-refractivity contribution in [3.63, 3.8) is 0 Å². The maximum atomic E-state index is 5.72. The van der Waals surface area contributed by atoms with Crippen LogP contribution in [0.2, 0.25) is 0 Å². The van der Waals surface area contributed by atoms with Gasteiger partial charge in [0.25, 0.3) is 0 Å². The molecule has 1 aromatic carbocycles. The number of benzene rings is 1. The lowest BCUT2D eigenvalue weighted by Crippen LogP contribution is -2.17. The molecule has 0 radical (unpaired) electrons. The molecular formula is C24H35Cl. The summed E-state index contributed by atoms with van der Waals surface area (Å²) in [5.74, 6) is 3.55. The highest BCUT2D eigenvalue weighted by atomic mass is 35.5.